The summed E-state index contributed by atoms with van der Waals surface area (Å²) in [5, 5.41) is 2.60. The van der Waals surface area contributed by atoms with Gasteiger partial charge >= 0.3 is 0 Å². The molecule has 0 atom stereocenters. The van der Waals surface area contributed by atoms with Gasteiger partial charge in [0.15, 0.2) is 0 Å². The Morgan fingerprint density at radius 2 is 0.981 bits per heavy atom. The first-order valence-electron chi connectivity index (χ1n) is 18.7. The standard InChI is InChI=1S/C50H33BN2/c1-5-17-35(18-6-1)50(36-19-7-2-8-20-36)41-26-13-16-33-32-34-30-31-40-39-25-14-29-44(52(37-21-9-3-10-22-37)38-23-11-4-12-24-38)48(39)53-43-28-15-27-42(50)47(43)51(45(33)41)46(34)49(40)53/h1-31H,32H2. The smallest absolute Gasteiger partial charge is 0.248 e. The highest BCUT2D eigenvalue weighted by Crippen LogP contribution is 2.50. The molecule has 12 rings (SSSR count). The van der Waals surface area contributed by atoms with Gasteiger partial charge in [-0.1, -0.05) is 157 Å². The lowest BCUT2D eigenvalue weighted by molar-refractivity contribution is 0.748. The molecule has 0 saturated carbocycles. The molecule has 246 valence electrons. The van der Waals surface area contributed by atoms with E-state index < -0.39 is 5.41 Å². The molecule has 2 nitrogen and oxygen atoms in total. The Morgan fingerprint density at radius 1 is 0.434 bits per heavy atom. The molecule has 0 N–H and O–H groups in total. The van der Waals surface area contributed by atoms with Crippen molar-refractivity contribution in [2.45, 2.75) is 11.8 Å². The Kier molecular flexibility index (Phi) is 5.88. The Balaban J connectivity index is 1.27. The van der Waals surface area contributed by atoms with E-state index in [9.17, 15) is 0 Å². The van der Waals surface area contributed by atoms with Gasteiger partial charge in [0.25, 0.3) is 0 Å². The van der Waals surface area contributed by atoms with E-state index >= 15 is 0 Å². The molecule has 0 unspecified atom stereocenters. The summed E-state index contributed by atoms with van der Waals surface area (Å²) < 4.78 is 2.65. The number of nitrogens with zero attached hydrogens (tertiary/aromatic N) is 2. The first-order chi connectivity index (χ1) is 26.3. The average Bonchev–Trinajstić information content (AvgIpc) is 3.58. The fourth-order valence-corrected chi connectivity index (χ4v) is 10.4. The topological polar surface area (TPSA) is 8.17 Å². The van der Waals surface area contributed by atoms with Crippen LogP contribution in [-0.2, 0) is 11.8 Å². The molecule has 1 aromatic heterocycles. The molecule has 9 aromatic rings. The Hall–Kier alpha value is -6.58. The zero-order chi connectivity index (χ0) is 34.7. The van der Waals surface area contributed by atoms with Crippen molar-refractivity contribution in [3.63, 3.8) is 0 Å². The third-order valence-corrected chi connectivity index (χ3v) is 12.3. The maximum absolute atomic E-state index is 2.65. The normalized spacial score (nSPS) is 14.1. The highest BCUT2D eigenvalue weighted by molar-refractivity contribution is 7.00. The van der Waals surface area contributed by atoms with Gasteiger partial charge in [-0.05, 0) is 87.1 Å². The van der Waals surface area contributed by atoms with Gasteiger partial charge in [0, 0.05) is 33.4 Å². The first kappa shape index (κ1) is 29.0. The summed E-state index contributed by atoms with van der Waals surface area (Å²) >= 11 is 0. The van der Waals surface area contributed by atoms with Crippen LogP contribution in [0.1, 0.15) is 33.4 Å². The highest BCUT2D eigenvalue weighted by atomic mass is 15.2. The maximum Gasteiger partial charge on any atom is 0.248 e. The summed E-state index contributed by atoms with van der Waals surface area (Å²) in [5.41, 5.74) is 19.5. The van der Waals surface area contributed by atoms with Crippen molar-refractivity contribution in [1.29, 1.82) is 0 Å². The number of aromatic nitrogens is 1. The molecule has 3 aliphatic rings. The third-order valence-electron chi connectivity index (χ3n) is 12.3. The summed E-state index contributed by atoms with van der Waals surface area (Å²) in [5.74, 6) is 0. The number of para-hydroxylation sites is 3. The minimum absolute atomic E-state index is 0.153. The van der Waals surface area contributed by atoms with E-state index in [-0.39, 0.29) is 6.71 Å². The minimum Gasteiger partial charge on any atom is -0.308 e. The van der Waals surface area contributed by atoms with Gasteiger partial charge in [-0.15, -0.1) is 0 Å². The van der Waals surface area contributed by atoms with Gasteiger partial charge in [0.1, 0.15) is 0 Å². The number of benzene rings is 8. The number of hydrogen-bond acceptors (Lipinski definition) is 1. The number of anilines is 3. The highest BCUT2D eigenvalue weighted by Gasteiger charge is 2.53. The van der Waals surface area contributed by atoms with Gasteiger partial charge < -0.3 is 9.47 Å². The van der Waals surface area contributed by atoms with Crippen LogP contribution in [0.3, 0.4) is 0 Å². The number of hydrogen-bond donors (Lipinski definition) is 0. The number of fused-ring (bicyclic) bond motifs is 4. The molecule has 3 heteroatoms. The Bertz CT molecular complexity index is 2830. The second-order valence-electron chi connectivity index (χ2n) is 14.8. The largest absolute Gasteiger partial charge is 0.308 e. The molecule has 0 spiro atoms. The van der Waals surface area contributed by atoms with Crippen molar-refractivity contribution in [3.05, 3.63) is 221 Å². The summed E-state index contributed by atoms with van der Waals surface area (Å²) in [6, 6.07) is 70.1. The fourth-order valence-electron chi connectivity index (χ4n) is 10.4. The van der Waals surface area contributed by atoms with Crippen molar-refractivity contribution in [2.75, 3.05) is 4.90 Å². The van der Waals surface area contributed by atoms with Crippen molar-refractivity contribution < 1.29 is 0 Å². The van der Waals surface area contributed by atoms with E-state index in [1.54, 1.807) is 0 Å². The van der Waals surface area contributed by atoms with Crippen LogP contribution in [0.25, 0.3) is 27.5 Å². The van der Waals surface area contributed by atoms with Crippen LogP contribution in [0.4, 0.5) is 17.1 Å². The van der Waals surface area contributed by atoms with Gasteiger partial charge in [-0.2, -0.15) is 0 Å². The molecule has 0 bridgehead atoms. The molecule has 0 amide bonds. The van der Waals surface area contributed by atoms with Gasteiger partial charge in [0.05, 0.1) is 16.6 Å². The minimum atomic E-state index is -0.482. The van der Waals surface area contributed by atoms with Gasteiger partial charge in [-0.25, -0.2) is 0 Å². The van der Waals surface area contributed by atoms with E-state index in [4.69, 9.17) is 0 Å². The molecule has 0 radical (unpaired) electrons. The second kappa shape index (κ2) is 10.7. The van der Waals surface area contributed by atoms with Crippen LogP contribution in [0.2, 0.25) is 0 Å². The molecule has 4 heterocycles. The molecular weight excluding hydrogens is 639 g/mol. The summed E-state index contributed by atoms with van der Waals surface area (Å²) in [6.07, 6.45) is 0.927. The molecule has 3 aliphatic heterocycles. The Morgan fingerprint density at radius 3 is 1.64 bits per heavy atom. The second-order valence-corrected chi connectivity index (χ2v) is 14.8. The van der Waals surface area contributed by atoms with E-state index in [0.29, 0.717) is 0 Å². The van der Waals surface area contributed by atoms with E-state index in [1.807, 2.05) is 0 Å². The predicted molar refractivity (Wildman–Crippen MR) is 221 cm³/mol. The van der Waals surface area contributed by atoms with Crippen molar-refractivity contribution >= 4 is 62.0 Å². The summed E-state index contributed by atoms with van der Waals surface area (Å²) in [6.45, 7) is 0.153. The molecule has 53 heavy (non-hydrogen) atoms. The Labute approximate surface area is 309 Å². The number of rotatable bonds is 5. The maximum atomic E-state index is 2.65. The van der Waals surface area contributed by atoms with E-state index in [2.05, 4.69) is 198 Å². The quantitative estimate of drug-likeness (QED) is 0.165. The molecular formula is C50H33BN2. The lowest BCUT2D eigenvalue weighted by atomic mass is 9.27. The van der Waals surface area contributed by atoms with E-state index in [1.165, 1.54) is 82.9 Å². The van der Waals surface area contributed by atoms with Crippen molar-refractivity contribution in [2.24, 2.45) is 0 Å². The lowest BCUT2D eigenvalue weighted by Gasteiger charge is -2.48. The zero-order valence-electron chi connectivity index (χ0n) is 29.1. The van der Waals surface area contributed by atoms with Crippen LogP contribution in [-0.4, -0.2) is 11.3 Å². The average molecular weight is 673 g/mol. The summed E-state index contributed by atoms with van der Waals surface area (Å²) in [7, 11) is 0. The monoisotopic (exact) mass is 672 g/mol. The SMILES string of the molecule is c1ccc(N(c2ccccc2)c2cccc3c4ccc5c6c4n(c23)-c2cccc3c2B6c2c(cccc2C3(c2ccccc2)c2ccccc2)C5)cc1. The summed E-state index contributed by atoms with van der Waals surface area (Å²) in [4.78, 5) is 2.43. The van der Waals surface area contributed by atoms with Crippen LogP contribution in [0, 0.1) is 0 Å². The van der Waals surface area contributed by atoms with E-state index in [0.717, 1.165) is 17.8 Å². The van der Waals surface area contributed by atoms with Crippen LogP contribution in [0.5, 0.6) is 0 Å². The zero-order valence-corrected chi connectivity index (χ0v) is 29.1. The molecule has 0 saturated heterocycles. The van der Waals surface area contributed by atoms with Gasteiger partial charge in [-0.3, -0.25) is 0 Å². The van der Waals surface area contributed by atoms with Crippen molar-refractivity contribution in [3.8, 4) is 5.69 Å². The van der Waals surface area contributed by atoms with Crippen LogP contribution < -0.4 is 21.3 Å². The van der Waals surface area contributed by atoms with Crippen molar-refractivity contribution in [1.82, 2.24) is 4.57 Å². The first-order valence-corrected chi connectivity index (χ1v) is 18.7. The molecule has 0 aliphatic carbocycles. The lowest BCUT2D eigenvalue weighted by Crippen LogP contribution is -2.67. The van der Waals surface area contributed by atoms with Gasteiger partial charge in [0.2, 0.25) is 6.71 Å². The fraction of sp³-hybridized carbons (Fsp3) is 0.0400. The van der Waals surface area contributed by atoms with Crippen LogP contribution >= 0.6 is 0 Å². The predicted octanol–water partition coefficient (Wildman–Crippen LogP) is 9.68. The molecule has 0 fully saturated rings. The molecule has 8 aromatic carbocycles. The van der Waals surface area contributed by atoms with Crippen LogP contribution in [0.15, 0.2) is 188 Å². The third kappa shape index (κ3) is 3.69.